The van der Waals surface area contributed by atoms with Crippen molar-refractivity contribution in [1.82, 2.24) is 15.5 Å². The van der Waals surface area contributed by atoms with Crippen LogP contribution >= 0.6 is 11.8 Å². The molecule has 0 spiro atoms. The van der Waals surface area contributed by atoms with E-state index in [1.807, 2.05) is 31.2 Å². The minimum absolute atomic E-state index is 0.0518. The number of thioether (sulfide) groups is 1. The topological polar surface area (TPSA) is 68.0 Å². The SMILES string of the molecule is Cc1nnc(SCC(=O)NCc2ccccc2C)o1. The summed E-state index contributed by atoms with van der Waals surface area (Å²) in [6.07, 6.45) is 0. The second-order valence-electron chi connectivity index (χ2n) is 4.08. The summed E-state index contributed by atoms with van der Waals surface area (Å²) in [5.41, 5.74) is 2.29. The molecule has 0 fully saturated rings. The number of nitrogens with zero attached hydrogens (tertiary/aromatic N) is 2. The van der Waals surface area contributed by atoms with E-state index >= 15 is 0 Å². The molecule has 2 rings (SSSR count). The molecule has 1 amide bonds. The number of benzene rings is 1. The Balaban J connectivity index is 1.77. The fourth-order valence-electron chi connectivity index (χ4n) is 1.52. The van der Waals surface area contributed by atoms with Crippen molar-refractivity contribution in [3.63, 3.8) is 0 Å². The minimum atomic E-state index is -0.0518. The summed E-state index contributed by atoms with van der Waals surface area (Å²) < 4.78 is 5.18. The molecule has 0 saturated heterocycles. The standard InChI is InChI=1S/C13H15N3O2S/c1-9-5-3-4-6-11(9)7-14-12(17)8-19-13-16-15-10(2)18-13/h3-6H,7-8H2,1-2H3,(H,14,17). The van der Waals surface area contributed by atoms with E-state index in [4.69, 9.17) is 4.42 Å². The van der Waals surface area contributed by atoms with Gasteiger partial charge in [0.2, 0.25) is 11.8 Å². The predicted octanol–water partition coefficient (Wildman–Crippen LogP) is 2.09. The monoisotopic (exact) mass is 277 g/mol. The average molecular weight is 277 g/mol. The molecule has 1 aromatic carbocycles. The molecule has 0 aliphatic rings. The van der Waals surface area contributed by atoms with E-state index < -0.39 is 0 Å². The zero-order valence-electron chi connectivity index (χ0n) is 10.8. The molecule has 0 aliphatic heterocycles. The number of amides is 1. The summed E-state index contributed by atoms with van der Waals surface area (Å²) in [6.45, 7) is 4.28. The van der Waals surface area contributed by atoms with E-state index in [2.05, 4.69) is 15.5 Å². The van der Waals surface area contributed by atoms with E-state index in [1.54, 1.807) is 6.92 Å². The van der Waals surface area contributed by atoms with Crippen LogP contribution in [0, 0.1) is 13.8 Å². The van der Waals surface area contributed by atoms with Gasteiger partial charge >= 0.3 is 0 Å². The predicted molar refractivity (Wildman–Crippen MR) is 72.8 cm³/mol. The quantitative estimate of drug-likeness (QED) is 0.848. The van der Waals surface area contributed by atoms with Crippen molar-refractivity contribution >= 4 is 17.7 Å². The van der Waals surface area contributed by atoms with Crippen LogP contribution in [-0.4, -0.2) is 21.9 Å². The number of carbonyl (C=O) groups is 1. The summed E-state index contributed by atoms with van der Waals surface area (Å²) in [5.74, 6) is 0.722. The number of hydrogen-bond acceptors (Lipinski definition) is 5. The molecule has 100 valence electrons. The highest BCUT2D eigenvalue weighted by Crippen LogP contribution is 2.15. The van der Waals surface area contributed by atoms with E-state index in [0.29, 0.717) is 17.7 Å². The molecule has 0 bridgehead atoms. The third-order valence-electron chi connectivity index (χ3n) is 2.57. The van der Waals surface area contributed by atoms with Gasteiger partial charge in [-0.1, -0.05) is 36.0 Å². The van der Waals surface area contributed by atoms with Crippen LogP contribution in [0.4, 0.5) is 0 Å². The number of nitrogens with one attached hydrogen (secondary N) is 1. The molecule has 0 aliphatic carbocycles. The van der Waals surface area contributed by atoms with Crippen molar-refractivity contribution in [1.29, 1.82) is 0 Å². The van der Waals surface area contributed by atoms with Crippen molar-refractivity contribution in [2.24, 2.45) is 0 Å². The highest BCUT2D eigenvalue weighted by Gasteiger charge is 2.07. The highest BCUT2D eigenvalue weighted by molar-refractivity contribution is 7.99. The van der Waals surface area contributed by atoms with Crippen molar-refractivity contribution in [2.75, 3.05) is 5.75 Å². The fraction of sp³-hybridized carbons (Fsp3) is 0.308. The van der Waals surface area contributed by atoms with Crippen LogP contribution in [0.25, 0.3) is 0 Å². The van der Waals surface area contributed by atoms with Crippen LogP contribution in [0.5, 0.6) is 0 Å². The maximum Gasteiger partial charge on any atom is 0.277 e. The number of carbonyl (C=O) groups excluding carboxylic acids is 1. The van der Waals surface area contributed by atoms with Crippen molar-refractivity contribution in [3.8, 4) is 0 Å². The van der Waals surface area contributed by atoms with Gasteiger partial charge in [0.05, 0.1) is 5.75 Å². The van der Waals surface area contributed by atoms with Crippen LogP contribution in [0.2, 0.25) is 0 Å². The lowest BCUT2D eigenvalue weighted by atomic mass is 10.1. The Hall–Kier alpha value is -1.82. The largest absolute Gasteiger partial charge is 0.416 e. The zero-order valence-corrected chi connectivity index (χ0v) is 11.7. The van der Waals surface area contributed by atoms with Crippen LogP contribution in [0.1, 0.15) is 17.0 Å². The Morgan fingerprint density at radius 3 is 2.79 bits per heavy atom. The van der Waals surface area contributed by atoms with Gasteiger partial charge in [0.1, 0.15) is 0 Å². The summed E-state index contributed by atoms with van der Waals surface area (Å²) in [4.78, 5) is 11.7. The molecule has 1 N–H and O–H groups in total. The normalized spacial score (nSPS) is 10.4. The first-order chi connectivity index (χ1) is 9.15. The Morgan fingerprint density at radius 2 is 2.11 bits per heavy atom. The number of rotatable bonds is 5. The first kappa shape index (κ1) is 13.6. The van der Waals surface area contributed by atoms with E-state index in [0.717, 1.165) is 5.56 Å². The number of aryl methyl sites for hydroxylation is 2. The number of aromatic nitrogens is 2. The maximum atomic E-state index is 11.7. The van der Waals surface area contributed by atoms with Gasteiger partial charge in [-0.2, -0.15) is 0 Å². The Kier molecular flexibility index (Phi) is 4.57. The lowest BCUT2D eigenvalue weighted by molar-refractivity contribution is -0.118. The molecule has 19 heavy (non-hydrogen) atoms. The lowest BCUT2D eigenvalue weighted by Gasteiger charge is -2.06. The van der Waals surface area contributed by atoms with Gasteiger partial charge in [0, 0.05) is 13.5 Å². The Labute approximate surface area is 115 Å². The third-order valence-corrected chi connectivity index (χ3v) is 3.39. The van der Waals surface area contributed by atoms with E-state index in [-0.39, 0.29) is 11.7 Å². The van der Waals surface area contributed by atoms with Gasteiger partial charge in [-0.05, 0) is 18.1 Å². The minimum Gasteiger partial charge on any atom is -0.416 e. The molecule has 6 heteroatoms. The molecule has 0 radical (unpaired) electrons. The summed E-state index contributed by atoms with van der Waals surface area (Å²) in [7, 11) is 0. The van der Waals surface area contributed by atoms with Gasteiger partial charge in [0.25, 0.3) is 5.22 Å². The van der Waals surface area contributed by atoms with Crippen LogP contribution < -0.4 is 5.32 Å². The molecule has 1 heterocycles. The van der Waals surface area contributed by atoms with Crippen molar-refractivity contribution in [3.05, 3.63) is 41.3 Å². The fourth-order valence-corrected chi connectivity index (χ4v) is 2.15. The first-order valence-corrected chi connectivity index (χ1v) is 6.88. The molecular formula is C13H15N3O2S. The smallest absolute Gasteiger partial charge is 0.277 e. The van der Waals surface area contributed by atoms with Crippen molar-refractivity contribution in [2.45, 2.75) is 25.6 Å². The van der Waals surface area contributed by atoms with Gasteiger partial charge in [0.15, 0.2) is 0 Å². The van der Waals surface area contributed by atoms with Crippen LogP contribution in [-0.2, 0) is 11.3 Å². The van der Waals surface area contributed by atoms with Gasteiger partial charge in [-0.15, -0.1) is 10.2 Å². The summed E-state index contributed by atoms with van der Waals surface area (Å²) in [6, 6.07) is 7.97. The Bertz CT molecular complexity index is 569. The van der Waals surface area contributed by atoms with Crippen LogP contribution in [0.3, 0.4) is 0 Å². The van der Waals surface area contributed by atoms with E-state index in [1.165, 1.54) is 17.3 Å². The molecule has 1 aromatic heterocycles. The van der Waals surface area contributed by atoms with Gasteiger partial charge in [-0.25, -0.2) is 0 Å². The summed E-state index contributed by atoms with van der Waals surface area (Å²) in [5, 5.41) is 10.8. The highest BCUT2D eigenvalue weighted by atomic mass is 32.2. The van der Waals surface area contributed by atoms with E-state index in [9.17, 15) is 4.79 Å². The molecule has 0 unspecified atom stereocenters. The first-order valence-electron chi connectivity index (χ1n) is 5.89. The lowest BCUT2D eigenvalue weighted by Crippen LogP contribution is -2.24. The second-order valence-corrected chi connectivity index (χ2v) is 5.01. The molecule has 0 saturated carbocycles. The van der Waals surface area contributed by atoms with Gasteiger partial charge < -0.3 is 9.73 Å². The van der Waals surface area contributed by atoms with Crippen LogP contribution in [0.15, 0.2) is 33.9 Å². The molecule has 5 nitrogen and oxygen atoms in total. The van der Waals surface area contributed by atoms with Crippen molar-refractivity contribution < 1.29 is 9.21 Å². The number of hydrogen-bond donors (Lipinski definition) is 1. The maximum absolute atomic E-state index is 11.7. The molecule has 0 atom stereocenters. The zero-order chi connectivity index (χ0) is 13.7. The third kappa shape index (κ3) is 4.10. The van der Waals surface area contributed by atoms with Gasteiger partial charge in [-0.3, -0.25) is 4.79 Å². The average Bonchev–Trinajstić information content (AvgIpc) is 2.81. The second kappa shape index (κ2) is 6.38. The molecular weight excluding hydrogens is 262 g/mol. The Morgan fingerprint density at radius 1 is 1.32 bits per heavy atom. The molecule has 2 aromatic rings. The summed E-state index contributed by atoms with van der Waals surface area (Å²) >= 11 is 1.24.